The minimum absolute atomic E-state index is 0.176. The van der Waals surface area contributed by atoms with Crippen molar-refractivity contribution in [1.82, 2.24) is 14.4 Å². The summed E-state index contributed by atoms with van der Waals surface area (Å²) in [7, 11) is -1.99. The van der Waals surface area contributed by atoms with Crippen molar-refractivity contribution in [2.24, 2.45) is 0 Å². The predicted molar refractivity (Wildman–Crippen MR) is 87.8 cm³/mol. The number of hydrogen-bond acceptors (Lipinski definition) is 7. The van der Waals surface area contributed by atoms with Gasteiger partial charge in [-0.25, -0.2) is 8.42 Å². The van der Waals surface area contributed by atoms with E-state index in [1.54, 1.807) is 24.3 Å². The number of benzene rings is 1. The van der Waals surface area contributed by atoms with E-state index >= 15 is 0 Å². The number of anilines is 1. The van der Waals surface area contributed by atoms with Crippen molar-refractivity contribution in [3.05, 3.63) is 30.1 Å². The van der Waals surface area contributed by atoms with E-state index < -0.39 is 10.0 Å². The zero-order chi connectivity index (χ0) is 17.2. The zero-order valence-corrected chi connectivity index (χ0v) is 14.6. The van der Waals surface area contributed by atoms with E-state index in [0.717, 1.165) is 0 Å². The van der Waals surface area contributed by atoms with Crippen LogP contribution >= 0.6 is 11.6 Å². The number of rotatable bonds is 5. The molecule has 1 aliphatic heterocycles. The lowest BCUT2D eigenvalue weighted by Crippen LogP contribution is -2.48. The lowest BCUT2D eigenvalue weighted by atomic mass is 10.3. The molecule has 0 saturated carbocycles. The van der Waals surface area contributed by atoms with Gasteiger partial charge < -0.3 is 14.2 Å². The van der Waals surface area contributed by atoms with Gasteiger partial charge in [0, 0.05) is 26.2 Å². The smallest absolute Gasteiger partial charge is 0.324 e. The number of aromatic nitrogens is 2. The molecule has 3 rings (SSSR count). The van der Waals surface area contributed by atoms with Gasteiger partial charge in [-0.3, -0.25) is 0 Å². The van der Waals surface area contributed by atoms with E-state index in [1.807, 2.05) is 4.90 Å². The van der Waals surface area contributed by atoms with Gasteiger partial charge in [-0.1, -0.05) is 5.16 Å². The zero-order valence-electron chi connectivity index (χ0n) is 13.1. The second kappa shape index (κ2) is 6.96. The van der Waals surface area contributed by atoms with Crippen molar-refractivity contribution in [1.29, 1.82) is 0 Å². The maximum absolute atomic E-state index is 12.7. The summed E-state index contributed by atoms with van der Waals surface area (Å²) < 4.78 is 37.0. The van der Waals surface area contributed by atoms with Crippen molar-refractivity contribution < 1.29 is 17.7 Å². The summed E-state index contributed by atoms with van der Waals surface area (Å²) in [4.78, 5) is 6.25. The number of hydrogen-bond donors (Lipinski definition) is 0. The van der Waals surface area contributed by atoms with E-state index in [4.69, 9.17) is 20.9 Å². The van der Waals surface area contributed by atoms with Crippen LogP contribution in [0.15, 0.2) is 33.7 Å². The minimum atomic E-state index is -3.53. The topological polar surface area (TPSA) is 88.8 Å². The molecule has 0 N–H and O–H groups in total. The van der Waals surface area contributed by atoms with Gasteiger partial charge in [0.05, 0.1) is 17.9 Å². The Morgan fingerprint density at radius 3 is 2.42 bits per heavy atom. The fourth-order valence-corrected chi connectivity index (χ4v) is 3.97. The molecule has 0 spiro atoms. The molecule has 1 saturated heterocycles. The van der Waals surface area contributed by atoms with Crippen LogP contribution in [0.1, 0.15) is 5.82 Å². The maximum atomic E-state index is 12.7. The van der Waals surface area contributed by atoms with Crippen molar-refractivity contribution in [2.45, 2.75) is 10.8 Å². The van der Waals surface area contributed by atoms with Crippen molar-refractivity contribution >= 4 is 27.6 Å². The molecule has 1 aromatic carbocycles. The molecular weight excluding hydrogens is 356 g/mol. The first-order chi connectivity index (χ1) is 11.5. The third-order valence-electron chi connectivity index (χ3n) is 3.78. The Balaban J connectivity index is 1.68. The van der Waals surface area contributed by atoms with Crippen LogP contribution in [0.4, 0.5) is 6.01 Å². The molecule has 2 aromatic rings. The lowest BCUT2D eigenvalue weighted by molar-refractivity contribution is 0.353. The van der Waals surface area contributed by atoms with Gasteiger partial charge in [0.2, 0.25) is 10.0 Å². The van der Waals surface area contributed by atoms with Crippen LogP contribution in [0.2, 0.25) is 0 Å². The summed E-state index contributed by atoms with van der Waals surface area (Å²) in [6.45, 7) is 1.62. The minimum Gasteiger partial charge on any atom is -0.497 e. The van der Waals surface area contributed by atoms with Crippen LogP contribution in [0.25, 0.3) is 0 Å². The van der Waals surface area contributed by atoms with Gasteiger partial charge >= 0.3 is 6.01 Å². The van der Waals surface area contributed by atoms with Gasteiger partial charge in [0.1, 0.15) is 5.75 Å². The van der Waals surface area contributed by atoms with Gasteiger partial charge in [0.15, 0.2) is 5.82 Å². The Bertz CT molecular complexity index is 785. The van der Waals surface area contributed by atoms with Gasteiger partial charge in [-0.05, 0) is 24.3 Å². The fourth-order valence-electron chi connectivity index (χ4n) is 2.44. The molecule has 2 heterocycles. The first kappa shape index (κ1) is 17.0. The average Bonchev–Trinajstić information content (AvgIpc) is 3.11. The Morgan fingerprint density at radius 1 is 1.21 bits per heavy atom. The highest BCUT2D eigenvalue weighted by Gasteiger charge is 2.30. The molecule has 24 heavy (non-hydrogen) atoms. The third-order valence-corrected chi connectivity index (χ3v) is 5.94. The SMILES string of the molecule is COc1ccc(S(=O)(=O)N2CCN(c3nc(CCl)no3)CC2)cc1. The normalized spacial score (nSPS) is 16.3. The number of piperazine rings is 1. The van der Waals surface area contributed by atoms with E-state index in [0.29, 0.717) is 43.8 Å². The van der Waals surface area contributed by atoms with Crippen LogP contribution < -0.4 is 9.64 Å². The summed E-state index contributed by atoms with van der Waals surface area (Å²) in [5, 5.41) is 3.74. The molecule has 0 unspecified atom stereocenters. The van der Waals surface area contributed by atoms with Crippen molar-refractivity contribution in [3.8, 4) is 5.75 Å². The summed E-state index contributed by atoms with van der Waals surface area (Å²) >= 11 is 5.65. The number of halogens is 1. The first-order valence-electron chi connectivity index (χ1n) is 7.32. The van der Waals surface area contributed by atoms with E-state index in [-0.39, 0.29) is 10.8 Å². The summed E-state index contributed by atoms with van der Waals surface area (Å²) in [6.07, 6.45) is 0. The van der Waals surface area contributed by atoms with Crippen LogP contribution in [-0.4, -0.2) is 56.2 Å². The molecule has 0 atom stereocenters. The Morgan fingerprint density at radius 2 is 1.88 bits per heavy atom. The van der Waals surface area contributed by atoms with Gasteiger partial charge in [-0.2, -0.15) is 9.29 Å². The van der Waals surface area contributed by atoms with Crippen molar-refractivity contribution in [2.75, 3.05) is 38.2 Å². The molecular formula is C14H17ClN4O4S. The first-order valence-corrected chi connectivity index (χ1v) is 9.30. The standard InChI is InChI=1S/C14H17ClN4O4S/c1-22-11-2-4-12(5-3-11)24(20,21)19-8-6-18(7-9-19)14-16-13(10-15)17-23-14/h2-5H,6-10H2,1H3. The Labute approximate surface area is 145 Å². The van der Waals surface area contributed by atoms with Crippen LogP contribution in [0, 0.1) is 0 Å². The number of ether oxygens (including phenoxy) is 1. The largest absolute Gasteiger partial charge is 0.497 e. The summed E-state index contributed by atoms with van der Waals surface area (Å²) in [5.41, 5.74) is 0. The van der Waals surface area contributed by atoms with E-state index in [2.05, 4.69) is 10.1 Å². The third kappa shape index (κ3) is 3.33. The predicted octanol–water partition coefficient (Wildman–Crippen LogP) is 1.33. The number of alkyl halides is 1. The van der Waals surface area contributed by atoms with Crippen LogP contribution in [0.5, 0.6) is 5.75 Å². The van der Waals surface area contributed by atoms with Crippen LogP contribution in [0.3, 0.4) is 0 Å². The molecule has 0 aliphatic carbocycles. The van der Waals surface area contributed by atoms with Crippen LogP contribution in [-0.2, 0) is 15.9 Å². The highest BCUT2D eigenvalue weighted by molar-refractivity contribution is 7.89. The van der Waals surface area contributed by atoms with E-state index in [9.17, 15) is 8.42 Å². The lowest BCUT2D eigenvalue weighted by Gasteiger charge is -2.32. The molecule has 0 bridgehead atoms. The molecule has 10 heteroatoms. The molecule has 0 amide bonds. The quantitative estimate of drug-likeness (QED) is 0.731. The van der Waals surface area contributed by atoms with Gasteiger partial charge in [0.25, 0.3) is 0 Å². The molecule has 8 nitrogen and oxygen atoms in total. The molecule has 130 valence electrons. The molecule has 1 aliphatic rings. The second-order valence-electron chi connectivity index (χ2n) is 5.19. The maximum Gasteiger partial charge on any atom is 0.324 e. The van der Waals surface area contributed by atoms with Crippen molar-refractivity contribution in [3.63, 3.8) is 0 Å². The highest BCUT2D eigenvalue weighted by Crippen LogP contribution is 2.22. The summed E-state index contributed by atoms with van der Waals surface area (Å²) in [5.74, 6) is 1.21. The summed E-state index contributed by atoms with van der Waals surface area (Å²) in [6, 6.07) is 6.73. The monoisotopic (exact) mass is 372 g/mol. The number of nitrogens with zero attached hydrogens (tertiary/aromatic N) is 4. The highest BCUT2D eigenvalue weighted by atomic mass is 35.5. The average molecular weight is 373 g/mol. The second-order valence-corrected chi connectivity index (χ2v) is 7.40. The number of sulfonamides is 1. The molecule has 1 aromatic heterocycles. The van der Waals surface area contributed by atoms with Gasteiger partial charge in [-0.15, -0.1) is 11.6 Å². The van der Waals surface area contributed by atoms with E-state index in [1.165, 1.54) is 11.4 Å². The Hall–Kier alpha value is -1.84. The molecule has 1 fully saturated rings. The number of methoxy groups -OCH3 is 1. The Kier molecular flexibility index (Phi) is 4.93. The molecule has 0 radical (unpaired) electrons. The fraction of sp³-hybridized carbons (Fsp3) is 0.429.